The Morgan fingerprint density at radius 3 is 2.35 bits per heavy atom. The predicted octanol–water partition coefficient (Wildman–Crippen LogP) is 2.47. The Morgan fingerprint density at radius 2 is 1.80 bits per heavy atom. The van der Waals surface area contributed by atoms with Gasteiger partial charge in [0.2, 0.25) is 5.91 Å². The molecule has 0 aliphatic carbocycles. The van der Waals surface area contributed by atoms with Gasteiger partial charge in [-0.3, -0.25) is 4.79 Å². The quantitative estimate of drug-likeness (QED) is 0.615. The van der Waals surface area contributed by atoms with Crippen molar-refractivity contribution in [2.24, 2.45) is 5.92 Å². The van der Waals surface area contributed by atoms with Gasteiger partial charge in [0.25, 0.3) is 0 Å². The highest BCUT2D eigenvalue weighted by atomic mass is 16.6. The molecule has 0 unspecified atom stereocenters. The summed E-state index contributed by atoms with van der Waals surface area (Å²) in [5.74, 6) is -0.540. The maximum Gasteiger partial charge on any atom is 0.338 e. The highest BCUT2D eigenvalue weighted by Gasteiger charge is 2.09. The van der Waals surface area contributed by atoms with Gasteiger partial charge in [-0.2, -0.15) is 0 Å². The average molecular weight is 279 g/mol. The number of amides is 1. The van der Waals surface area contributed by atoms with E-state index in [2.05, 4.69) is 5.32 Å². The average Bonchev–Trinajstić information content (AvgIpc) is 2.44. The van der Waals surface area contributed by atoms with Crippen molar-refractivity contribution in [1.29, 1.82) is 0 Å². The van der Waals surface area contributed by atoms with Crippen molar-refractivity contribution in [2.75, 3.05) is 25.1 Å². The van der Waals surface area contributed by atoms with Gasteiger partial charge in [-0.15, -0.1) is 0 Å². The molecular formula is C15H21NO4. The summed E-state index contributed by atoms with van der Waals surface area (Å²) < 4.78 is 10.1. The second-order valence-corrected chi connectivity index (χ2v) is 4.55. The lowest BCUT2D eigenvalue weighted by Crippen LogP contribution is -2.17. The standard InChI is InChI=1S/C15H21NO4/c1-4-19-9-10-20-15(18)12-5-7-13(8-6-12)16-14(17)11(2)3/h5-8,11H,4,9-10H2,1-3H3,(H,16,17). The van der Waals surface area contributed by atoms with Gasteiger partial charge in [-0.1, -0.05) is 13.8 Å². The normalized spacial score (nSPS) is 10.4. The van der Waals surface area contributed by atoms with Crippen LogP contribution in [-0.2, 0) is 14.3 Å². The van der Waals surface area contributed by atoms with Crippen LogP contribution >= 0.6 is 0 Å². The number of carbonyl (C=O) groups is 2. The summed E-state index contributed by atoms with van der Waals surface area (Å²) in [5.41, 5.74) is 1.11. The van der Waals surface area contributed by atoms with Crippen molar-refractivity contribution in [2.45, 2.75) is 20.8 Å². The van der Waals surface area contributed by atoms with E-state index in [0.717, 1.165) is 0 Å². The van der Waals surface area contributed by atoms with E-state index in [1.54, 1.807) is 24.3 Å². The summed E-state index contributed by atoms with van der Waals surface area (Å²) in [7, 11) is 0. The SMILES string of the molecule is CCOCCOC(=O)c1ccc(NC(=O)C(C)C)cc1. The van der Waals surface area contributed by atoms with Crippen molar-refractivity contribution in [3.8, 4) is 0 Å². The molecule has 1 rings (SSSR count). The zero-order valence-corrected chi connectivity index (χ0v) is 12.1. The Balaban J connectivity index is 2.49. The number of anilines is 1. The molecule has 0 atom stereocenters. The summed E-state index contributed by atoms with van der Waals surface area (Å²) in [6.07, 6.45) is 0. The van der Waals surface area contributed by atoms with Gasteiger partial charge < -0.3 is 14.8 Å². The van der Waals surface area contributed by atoms with Gasteiger partial charge in [0.15, 0.2) is 0 Å². The second-order valence-electron chi connectivity index (χ2n) is 4.55. The van der Waals surface area contributed by atoms with E-state index in [1.807, 2.05) is 20.8 Å². The van der Waals surface area contributed by atoms with E-state index in [4.69, 9.17) is 9.47 Å². The zero-order valence-electron chi connectivity index (χ0n) is 12.1. The summed E-state index contributed by atoms with van der Waals surface area (Å²) in [6, 6.07) is 6.61. The van der Waals surface area contributed by atoms with E-state index >= 15 is 0 Å². The molecule has 0 saturated carbocycles. The fourth-order valence-corrected chi connectivity index (χ4v) is 1.40. The lowest BCUT2D eigenvalue weighted by Gasteiger charge is -2.08. The van der Waals surface area contributed by atoms with Crippen molar-refractivity contribution >= 4 is 17.6 Å². The fourth-order valence-electron chi connectivity index (χ4n) is 1.40. The van der Waals surface area contributed by atoms with Gasteiger partial charge in [0.1, 0.15) is 6.61 Å². The molecule has 0 bridgehead atoms. The third-order valence-electron chi connectivity index (χ3n) is 2.58. The van der Waals surface area contributed by atoms with E-state index in [1.165, 1.54) is 0 Å². The van der Waals surface area contributed by atoms with Crippen molar-refractivity contribution < 1.29 is 19.1 Å². The van der Waals surface area contributed by atoms with Crippen LogP contribution in [0.3, 0.4) is 0 Å². The van der Waals surface area contributed by atoms with Crippen LogP contribution in [0.15, 0.2) is 24.3 Å². The smallest absolute Gasteiger partial charge is 0.338 e. The Labute approximate surface area is 119 Å². The number of rotatable bonds is 7. The molecule has 0 saturated heterocycles. The number of hydrogen-bond donors (Lipinski definition) is 1. The summed E-state index contributed by atoms with van der Waals surface area (Å²) in [5, 5.41) is 2.76. The Hall–Kier alpha value is -1.88. The first-order valence-corrected chi connectivity index (χ1v) is 6.70. The maximum absolute atomic E-state index is 11.7. The van der Waals surface area contributed by atoms with Crippen LogP contribution in [0.1, 0.15) is 31.1 Å². The van der Waals surface area contributed by atoms with Crippen LogP contribution in [-0.4, -0.2) is 31.7 Å². The molecule has 1 N–H and O–H groups in total. The summed E-state index contributed by atoms with van der Waals surface area (Å²) >= 11 is 0. The Kier molecular flexibility index (Phi) is 6.73. The lowest BCUT2D eigenvalue weighted by molar-refractivity contribution is -0.118. The zero-order chi connectivity index (χ0) is 15.0. The molecule has 0 fully saturated rings. The fraction of sp³-hybridized carbons (Fsp3) is 0.467. The minimum absolute atomic E-state index is 0.0583. The highest BCUT2D eigenvalue weighted by molar-refractivity contribution is 5.93. The molecule has 0 radical (unpaired) electrons. The number of hydrogen-bond acceptors (Lipinski definition) is 4. The van der Waals surface area contributed by atoms with Crippen molar-refractivity contribution in [1.82, 2.24) is 0 Å². The molecule has 0 aromatic heterocycles. The number of esters is 1. The molecule has 110 valence electrons. The number of ether oxygens (including phenoxy) is 2. The number of benzene rings is 1. The van der Waals surface area contributed by atoms with Crippen LogP contribution < -0.4 is 5.32 Å². The van der Waals surface area contributed by atoms with E-state index < -0.39 is 5.97 Å². The minimum atomic E-state index is -0.397. The van der Waals surface area contributed by atoms with E-state index in [-0.39, 0.29) is 18.4 Å². The van der Waals surface area contributed by atoms with Crippen LogP contribution in [0.5, 0.6) is 0 Å². The maximum atomic E-state index is 11.7. The molecule has 0 spiro atoms. The summed E-state index contributed by atoms with van der Waals surface area (Å²) in [6.45, 7) is 6.75. The highest BCUT2D eigenvalue weighted by Crippen LogP contribution is 2.11. The Bertz CT molecular complexity index is 440. The van der Waals surface area contributed by atoms with Gasteiger partial charge >= 0.3 is 5.97 Å². The minimum Gasteiger partial charge on any atom is -0.460 e. The summed E-state index contributed by atoms with van der Waals surface area (Å²) in [4.78, 5) is 23.2. The van der Waals surface area contributed by atoms with Crippen molar-refractivity contribution in [3.05, 3.63) is 29.8 Å². The Morgan fingerprint density at radius 1 is 1.15 bits per heavy atom. The van der Waals surface area contributed by atoms with Crippen LogP contribution in [0.2, 0.25) is 0 Å². The first-order chi connectivity index (χ1) is 9.54. The molecule has 0 aliphatic heterocycles. The van der Waals surface area contributed by atoms with Crippen molar-refractivity contribution in [3.63, 3.8) is 0 Å². The third-order valence-corrected chi connectivity index (χ3v) is 2.58. The topological polar surface area (TPSA) is 64.6 Å². The van der Waals surface area contributed by atoms with Gasteiger partial charge in [0.05, 0.1) is 12.2 Å². The van der Waals surface area contributed by atoms with Crippen LogP contribution in [0.25, 0.3) is 0 Å². The molecule has 1 amide bonds. The number of nitrogens with one attached hydrogen (secondary N) is 1. The van der Waals surface area contributed by atoms with Gasteiger partial charge in [-0.25, -0.2) is 4.79 Å². The molecular weight excluding hydrogens is 258 g/mol. The van der Waals surface area contributed by atoms with E-state index in [0.29, 0.717) is 24.5 Å². The first-order valence-electron chi connectivity index (χ1n) is 6.70. The molecule has 1 aromatic rings. The molecule has 1 aromatic carbocycles. The molecule has 5 heteroatoms. The number of carbonyl (C=O) groups excluding carboxylic acids is 2. The monoisotopic (exact) mass is 279 g/mol. The van der Waals surface area contributed by atoms with Gasteiger partial charge in [0, 0.05) is 18.2 Å². The predicted molar refractivity (Wildman–Crippen MR) is 76.7 cm³/mol. The molecule has 20 heavy (non-hydrogen) atoms. The first kappa shape index (κ1) is 16.2. The third kappa shape index (κ3) is 5.40. The van der Waals surface area contributed by atoms with Crippen LogP contribution in [0.4, 0.5) is 5.69 Å². The molecule has 5 nitrogen and oxygen atoms in total. The van der Waals surface area contributed by atoms with E-state index in [9.17, 15) is 9.59 Å². The lowest BCUT2D eigenvalue weighted by atomic mass is 10.2. The largest absolute Gasteiger partial charge is 0.460 e. The van der Waals surface area contributed by atoms with Gasteiger partial charge in [-0.05, 0) is 31.2 Å². The molecule has 0 aliphatic rings. The van der Waals surface area contributed by atoms with Crippen LogP contribution in [0, 0.1) is 5.92 Å². The molecule has 0 heterocycles. The second kappa shape index (κ2) is 8.32.